The monoisotopic (exact) mass is 337 g/mol. The average Bonchev–Trinajstić information content (AvgIpc) is 3.27. The number of hydrogen-bond acceptors (Lipinski definition) is 4. The molecule has 0 saturated heterocycles. The lowest BCUT2D eigenvalue weighted by Gasteiger charge is -2.15. The zero-order valence-electron chi connectivity index (χ0n) is 13.7. The minimum absolute atomic E-state index is 0.114. The van der Waals surface area contributed by atoms with Gasteiger partial charge in [0, 0.05) is 18.9 Å². The van der Waals surface area contributed by atoms with Crippen molar-refractivity contribution in [3.63, 3.8) is 0 Å². The van der Waals surface area contributed by atoms with Crippen molar-refractivity contribution in [3.8, 4) is 0 Å². The minimum Gasteiger partial charge on any atom is -0.372 e. The van der Waals surface area contributed by atoms with E-state index < -0.39 is 0 Å². The Morgan fingerprint density at radius 1 is 1.24 bits per heavy atom. The smallest absolute Gasteiger partial charge is 0.253 e. The van der Waals surface area contributed by atoms with Gasteiger partial charge < -0.3 is 19.6 Å². The molecular formula is C18H19N5O2. The number of amides is 1. The maximum absolute atomic E-state index is 12.6. The number of carbonyl (C=O) groups is 1. The van der Waals surface area contributed by atoms with Crippen LogP contribution < -0.4 is 5.32 Å². The summed E-state index contributed by atoms with van der Waals surface area (Å²) in [5, 5.41) is 11.2. The standard InChI is InChI=1S/C18H19N5O2/c24-18(20-11-16-21-22-17-12-25-7-6-23(16)17)15-10-19-9-14(15)8-13-4-2-1-3-5-13/h1-5,9-10,19H,6-8,11-12H2,(H,20,24). The van der Waals surface area contributed by atoms with Crippen LogP contribution >= 0.6 is 0 Å². The molecule has 25 heavy (non-hydrogen) atoms. The molecule has 2 N–H and O–H groups in total. The molecule has 0 saturated carbocycles. The predicted molar refractivity (Wildman–Crippen MR) is 90.9 cm³/mol. The van der Waals surface area contributed by atoms with Gasteiger partial charge in [0.2, 0.25) is 0 Å². The molecule has 0 fully saturated rings. The van der Waals surface area contributed by atoms with E-state index in [0.29, 0.717) is 31.7 Å². The zero-order valence-corrected chi connectivity index (χ0v) is 13.7. The Bertz CT molecular complexity index is 869. The number of hydrogen-bond donors (Lipinski definition) is 2. The fourth-order valence-corrected chi connectivity index (χ4v) is 3.01. The highest BCUT2D eigenvalue weighted by molar-refractivity contribution is 5.95. The molecule has 1 aliphatic heterocycles. The van der Waals surface area contributed by atoms with Gasteiger partial charge in [-0.3, -0.25) is 4.79 Å². The first-order valence-corrected chi connectivity index (χ1v) is 8.28. The molecule has 1 aliphatic rings. The molecule has 0 radical (unpaired) electrons. The summed E-state index contributed by atoms with van der Waals surface area (Å²) in [6.07, 6.45) is 4.32. The van der Waals surface area contributed by atoms with E-state index in [2.05, 4.69) is 32.6 Å². The topological polar surface area (TPSA) is 84.8 Å². The fraction of sp³-hybridized carbons (Fsp3) is 0.278. The van der Waals surface area contributed by atoms with Gasteiger partial charge in [-0.15, -0.1) is 10.2 Å². The zero-order chi connectivity index (χ0) is 17.1. The Kier molecular flexibility index (Phi) is 4.30. The Morgan fingerprint density at radius 3 is 3.00 bits per heavy atom. The minimum atomic E-state index is -0.114. The summed E-state index contributed by atoms with van der Waals surface area (Å²) in [6, 6.07) is 10.1. The first kappa shape index (κ1) is 15.6. The normalized spacial score (nSPS) is 13.4. The molecule has 0 bridgehead atoms. The van der Waals surface area contributed by atoms with E-state index in [1.54, 1.807) is 6.20 Å². The summed E-state index contributed by atoms with van der Waals surface area (Å²) in [5.74, 6) is 1.45. The average molecular weight is 337 g/mol. The van der Waals surface area contributed by atoms with Gasteiger partial charge in [0.25, 0.3) is 5.91 Å². The summed E-state index contributed by atoms with van der Waals surface area (Å²) >= 11 is 0. The largest absolute Gasteiger partial charge is 0.372 e. The Labute approximate surface area is 145 Å². The van der Waals surface area contributed by atoms with Crippen molar-refractivity contribution in [1.82, 2.24) is 25.1 Å². The molecule has 128 valence electrons. The van der Waals surface area contributed by atoms with E-state index in [-0.39, 0.29) is 5.91 Å². The molecule has 0 aliphatic carbocycles. The van der Waals surface area contributed by atoms with Crippen LogP contribution in [-0.2, 0) is 30.9 Å². The number of carbonyl (C=O) groups excluding carboxylic acids is 1. The second-order valence-corrected chi connectivity index (χ2v) is 5.98. The summed E-state index contributed by atoms with van der Waals surface area (Å²) in [7, 11) is 0. The molecule has 1 amide bonds. The number of nitrogens with one attached hydrogen (secondary N) is 2. The van der Waals surface area contributed by atoms with Crippen LogP contribution in [0.3, 0.4) is 0 Å². The fourth-order valence-electron chi connectivity index (χ4n) is 3.01. The van der Waals surface area contributed by atoms with Crippen molar-refractivity contribution < 1.29 is 9.53 Å². The van der Waals surface area contributed by atoms with Crippen molar-refractivity contribution in [2.24, 2.45) is 0 Å². The van der Waals surface area contributed by atoms with Crippen LogP contribution in [0, 0.1) is 0 Å². The third-order valence-corrected chi connectivity index (χ3v) is 4.31. The van der Waals surface area contributed by atoms with E-state index in [9.17, 15) is 4.79 Å². The van der Waals surface area contributed by atoms with Crippen molar-refractivity contribution >= 4 is 5.91 Å². The van der Waals surface area contributed by atoms with Crippen LogP contribution in [0.1, 0.15) is 33.1 Å². The highest BCUT2D eigenvalue weighted by Gasteiger charge is 2.18. The third-order valence-electron chi connectivity index (χ3n) is 4.31. The molecule has 0 spiro atoms. The van der Waals surface area contributed by atoms with Crippen molar-refractivity contribution in [2.75, 3.05) is 6.61 Å². The van der Waals surface area contributed by atoms with Gasteiger partial charge in [-0.1, -0.05) is 30.3 Å². The van der Waals surface area contributed by atoms with Crippen LogP contribution in [-0.4, -0.2) is 32.3 Å². The lowest BCUT2D eigenvalue weighted by Crippen LogP contribution is -2.27. The Morgan fingerprint density at radius 2 is 2.12 bits per heavy atom. The second kappa shape index (κ2) is 6.90. The van der Waals surface area contributed by atoms with Crippen LogP contribution in [0.15, 0.2) is 42.7 Å². The Balaban J connectivity index is 1.44. The van der Waals surface area contributed by atoms with E-state index >= 15 is 0 Å². The van der Waals surface area contributed by atoms with Gasteiger partial charge in [0.15, 0.2) is 11.6 Å². The van der Waals surface area contributed by atoms with Gasteiger partial charge in [-0.2, -0.15) is 0 Å². The van der Waals surface area contributed by atoms with Gasteiger partial charge in [0.05, 0.1) is 18.7 Å². The maximum Gasteiger partial charge on any atom is 0.253 e. The van der Waals surface area contributed by atoms with Crippen LogP contribution in [0.4, 0.5) is 0 Å². The number of fused-ring (bicyclic) bond motifs is 1. The maximum atomic E-state index is 12.6. The molecule has 0 unspecified atom stereocenters. The highest BCUT2D eigenvalue weighted by Crippen LogP contribution is 2.14. The van der Waals surface area contributed by atoms with Crippen LogP contribution in [0.5, 0.6) is 0 Å². The van der Waals surface area contributed by atoms with E-state index in [0.717, 1.165) is 23.8 Å². The molecule has 7 heteroatoms. The third kappa shape index (κ3) is 3.32. The van der Waals surface area contributed by atoms with Crippen molar-refractivity contribution in [2.45, 2.75) is 26.1 Å². The lowest BCUT2D eigenvalue weighted by molar-refractivity contribution is 0.0802. The van der Waals surface area contributed by atoms with Crippen LogP contribution in [0.25, 0.3) is 0 Å². The number of benzene rings is 1. The lowest BCUT2D eigenvalue weighted by atomic mass is 10.0. The Hall–Kier alpha value is -2.93. The molecule has 3 aromatic rings. The molecule has 4 rings (SSSR count). The number of nitrogens with zero attached hydrogens (tertiary/aromatic N) is 3. The number of rotatable bonds is 5. The van der Waals surface area contributed by atoms with Gasteiger partial charge in [-0.05, 0) is 17.5 Å². The first-order chi connectivity index (χ1) is 12.3. The number of aromatic amines is 1. The number of ether oxygens (including phenoxy) is 1. The van der Waals surface area contributed by atoms with Crippen LogP contribution in [0.2, 0.25) is 0 Å². The van der Waals surface area contributed by atoms with E-state index in [4.69, 9.17) is 4.74 Å². The SMILES string of the molecule is O=C(NCc1nnc2n1CCOC2)c1c[nH]cc1Cc1ccccc1. The van der Waals surface area contributed by atoms with Gasteiger partial charge in [-0.25, -0.2) is 0 Å². The molecule has 2 aromatic heterocycles. The van der Waals surface area contributed by atoms with Crippen molar-refractivity contribution in [1.29, 1.82) is 0 Å². The van der Waals surface area contributed by atoms with Gasteiger partial charge in [0.1, 0.15) is 6.61 Å². The number of H-pyrrole nitrogens is 1. The highest BCUT2D eigenvalue weighted by atomic mass is 16.5. The summed E-state index contributed by atoms with van der Waals surface area (Å²) in [5.41, 5.74) is 2.80. The van der Waals surface area contributed by atoms with Gasteiger partial charge >= 0.3 is 0 Å². The molecule has 3 heterocycles. The summed E-state index contributed by atoms with van der Waals surface area (Å²) < 4.78 is 7.36. The first-order valence-electron chi connectivity index (χ1n) is 8.28. The summed E-state index contributed by atoms with van der Waals surface area (Å²) in [4.78, 5) is 15.6. The molecule has 0 atom stereocenters. The molecule has 7 nitrogen and oxygen atoms in total. The van der Waals surface area contributed by atoms with E-state index in [1.807, 2.05) is 29.0 Å². The quantitative estimate of drug-likeness (QED) is 0.741. The summed E-state index contributed by atoms with van der Waals surface area (Å²) in [6.45, 7) is 2.18. The van der Waals surface area contributed by atoms with E-state index in [1.165, 1.54) is 5.56 Å². The number of aromatic nitrogens is 4. The molecule has 1 aromatic carbocycles. The van der Waals surface area contributed by atoms with Crippen molar-refractivity contribution in [3.05, 3.63) is 71.1 Å². The predicted octanol–water partition coefficient (Wildman–Crippen LogP) is 1.66. The second-order valence-electron chi connectivity index (χ2n) is 5.98. The molecular weight excluding hydrogens is 318 g/mol.